The van der Waals surface area contributed by atoms with E-state index in [-0.39, 0.29) is 0 Å². The summed E-state index contributed by atoms with van der Waals surface area (Å²) in [7, 11) is 1.36. The van der Waals surface area contributed by atoms with Gasteiger partial charge in [0.1, 0.15) is 11.4 Å². The monoisotopic (exact) mass is 265 g/mol. The first-order valence-electron chi connectivity index (χ1n) is 6.62. The third-order valence-electron chi connectivity index (χ3n) is 3.20. The average Bonchev–Trinajstić information content (AvgIpc) is 2.43. The predicted octanol–water partition coefficient (Wildman–Crippen LogP) is 2.32. The Balaban J connectivity index is 3.12. The van der Waals surface area contributed by atoms with Gasteiger partial charge < -0.3 is 15.4 Å². The largest absolute Gasteiger partial charge is 0.465 e. The van der Waals surface area contributed by atoms with Gasteiger partial charge in [-0.25, -0.2) is 9.78 Å². The second-order valence-electron chi connectivity index (χ2n) is 4.68. The number of pyridine rings is 1. The van der Waals surface area contributed by atoms with Gasteiger partial charge in [0.2, 0.25) is 0 Å². The fourth-order valence-electron chi connectivity index (χ4n) is 1.86. The molecule has 1 atom stereocenters. The first kappa shape index (κ1) is 15.3. The third-order valence-corrected chi connectivity index (χ3v) is 3.20. The van der Waals surface area contributed by atoms with Gasteiger partial charge in [-0.3, -0.25) is 0 Å². The van der Waals surface area contributed by atoms with E-state index in [1.54, 1.807) is 12.3 Å². The Morgan fingerprint density at radius 1 is 1.53 bits per heavy atom. The van der Waals surface area contributed by atoms with Gasteiger partial charge >= 0.3 is 5.97 Å². The van der Waals surface area contributed by atoms with Crippen molar-refractivity contribution in [3.63, 3.8) is 0 Å². The average molecular weight is 265 g/mol. The molecule has 0 spiro atoms. The highest BCUT2D eigenvalue weighted by molar-refractivity contribution is 5.95. The van der Waals surface area contributed by atoms with Crippen molar-refractivity contribution >= 4 is 17.5 Å². The number of nitrogens with two attached hydrogens (primary N) is 1. The molecule has 1 aromatic heterocycles. The van der Waals surface area contributed by atoms with Gasteiger partial charge in [-0.1, -0.05) is 20.3 Å². The Morgan fingerprint density at radius 2 is 2.21 bits per heavy atom. The number of aromatic nitrogens is 1. The van der Waals surface area contributed by atoms with E-state index in [0.29, 0.717) is 23.0 Å². The number of ether oxygens (including phenoxy) is 1. The van der Waals surface area contributed by atoms with Gasteiger partial charge in [-0.05, 0) is 18.9 Å². The molecule has 0 amide bonds. The number of methoxy groups -OCH3 is 1. The molecule has 5 nitrogen and oxygen atoms in total. The van der Waals surface area contributed by atoms with Crippen LogP contribution in [0.2, 0.25) is 0 Å². The molecular weight excluding hydrogens is 242 g/mol. The van der Waals surface area contributed by atoms with Crippen molar-refractivity contribution < 1.29 is 9.53 Å². The molecule has 2 N–H and O–H groups in total. The van der Waals surface area contributed by atoms with Crippen molar-refractivity contribution in [1.82, 2.24) is 4.98 Å². The lowest BCUT2D eigenvalue weighted by molar-refractivity contribution is 0.0601. The van der Waals surface area contributed by atoms with Crippen LogP contribution in [0.25, 0.3) is 0 Å². The Morgan fingerprint density at radius 3 is 2.74 bits per heavy atom. The Hall–Kier alpha value is -1.78. The zero-order valence-electron chi connectivity index (χ0n) is 12.1. The highest BCUT2D eigenvalue weighted by Gasteiger charge is 2.19. The van der Waals surface area contributed by atoms with E-state index in [1.807, 2.05) is 6.92 Å². The molecule has 0 radical (unpaired) electrons. The summed E-state index contributed by atoms with van der Waals surface area (Å²) < 4.78 is 4.80. The maximum absolute atomic E-state index is 11.8. The molecule has 0 aliphatic rings. The number of nitrogens with zero attached hydrogens (tertiary/aromatic N) is 2. The molecule has 0 fully saturated rings. The number of carbonyl (C=O) groups is 1. The molecule has 5 heteroatoms. The van der Waals surface area contributed by atoms with Gasteiger partial charge in [0.25, 0.3) is 0 Å². The molecule has 1 rings (SSSR count). The van der Waals surface area contributed by atoms with Crippen LogP contribution in [0.15, 0.2) is 12.3 Å². The van der Waals surface area contributed by atoms with Crippen LogP contribution in [0.4, 0.5) is 11.5 Å². The normalized spacial score (nSPS) is 12.0. The molecule has 106 valence electrons. The molecule has 1 aromatic rings. The molecule has 19 heavy (non-hydrogen) atoms. The van der Waals surface area contributed by atoms with Gasteiger partial charge in [0.15, 0.2) is 0 Å². The molecule has 0 aliphatic heterocycles. The first-order chi connectivity index (χ1) is 9.03. The van der Waals surface area contributed by atoms with Crippen molar-refractivity contribution in [3.05, 3.63) is 17.8 Å². The number of esters is 1. The molecule has 0 bridgehead atoms. The van der Waals surface area contributed by atoms with Crippen LogP contribution in [-0.2, 0) is 4.74 Å². The van der Waals surface area contributed by atoms with Crippen molar-refractivity contribution in [2.45, 2.75) is 27.2 Å². The second-order valence-corrected chi connectivity index (χ2v) is 4.68. The SMILES string of the molecule is CCC(C)CN(CC)c1ncc(N)cc1C(=O)OC. The molecule has 1 heterocycles. The van der Waals surface area contributed by atoms with Crippen LogP contribution in [-0.4, -0.2) is 31.2 Å². The maximum Gasteiger partial charge on any atom is 0.341 e. The van der Waals surface area contributed by atoms with Crippen molar-refractivity contribution in [1.29, 1.82) is 0 Å². The lowest BCUT2D eigenvalue weighted by atomic mass is 10.1. The lowest BCUT2D eigenvalue weighted by Crippen LogP contribution is -2.30. The van der Waals surface area contributed by atoms with E-state index in [4.69, 9.17) is 10.5 Å². The molecule has 0 aliphatic carbocycles. The summed E-state index contributed by atoms with van der Waals surface area (Å²) >= 11 is 0. The predicted molar refractivity (Wildman–Crippen MR) is 77.3 cm³/mol. The Bertz CT molecular complexity index is 435. The van der Waals surface area contributed by atoms with Gasteiger partial charge in [0.05, 0.1) is 19.0 Å². The minimum atomic E-state index is -0.405. The van der Waals surface area contributed by atoms with Gasteiger partial charge in [-0.15, -0.1) is 0 Å². The fourth-order valence-corrected chi connectivity index (χ4v) is 1.86. The number of nitrogen functional groups attached to an aromatic ring is 1. The zero-order chi connectivity index (χ0) is 14.4. The van der Waals surface area contributed by atoms with E-state index >= 15 is 0 Å². The summed E-state index contributed by atoms with van der Waals surface area (Å²) in [6.07, 6.45) is 2.65. The number of carbonyl (C=O) groups excluding carboxylic acids is 1. The van der Waals surface area contributed by atoms with Crippen LogP contribution >= 0.6 is 0 Å². The van der Waals surface area contributed by atoms with Crippen molar-refractivity contribution in [3.8, 4) is 0 Å². The number of rotatable bonds is 6. The van der Waals surface area contributed by atoms with Crippen LogP contribution < -0.4 is 10.6 Å². The van der Waals surface area contributed by atoms with Crippen molar-refractivity contribution in [2.75, 3.05) is 30.8 Å². The molecular formula is C14H23N3O2. The highest BCUT2D eigenvalue weighted by Crippen LogP contribution is 2.22. The highest BCUT2D eigenvalue weighted by atomic mass is 16.5. The minimum absolute atomic E-state index is 0.405. The lowest BCUT2D eigenvalue weighted by Gasteiger charge is -2.26. The summed E-state index contributed by atoms with van der Waals surface area (Å²) in [5, 5.41) is 0. The summed E-state index contributed by atoms with van der Waals surface area (Å²) in [5.74, 6) is 0.769. The van der Waals surface area contributed by atoms with Gasteiger partial charge in [-0.2, -0.15) is 0 Å². The summed E-state index contributed by atoms with van der Waals surface area (Å²) in [4.78, 5) is 18.2. The Labute approximate surface area is 114 Å². The van der Waals surface area contributed by atoms with Crippen molar-refractivity contribution in [2.24, 2.45) is 5.92 Å². The van der Waals surface area contributed by atoms with E-state index in [0.717, 1.165) is 19.5 Å². The van der Waals surface area contributed by atoms with Crippen LogP contribution in [0, 0.1) is 5.92 Å². The van der Waals surface area contributed by atoms with Crippen LogP contribution in [0.5, 0.6) is 0 Å². The molecule has 0 saturated heterocycles. The topological polar surface area (TPSA) is 68.5 Å². The number of hydrogen-bond acceptors (Lipinski definition) is 5. The minimum Gasteiger partial charge on any atom is -0.465 e. The fraction of sp³-hybridized carbons (Fsp3) is 0.571. The van der Waals surface area contributed by atoms with E-state index in [2.05, 4.69) is 23.7 Å². The maximum atomic E-state index is 11.8. The number of hydrogen-bond donors (Lipinski definition) is 1. The first-order valence-corrected chi connectivity index (χ1v) is 6.62. The summed E-state index contributed by atoms with van der Waals surface area (Å²) in [6.45, 7) is 8.01. The quantitative estimate of drug-likeness (QED) is 0.799. The van der Waals surface area contributed by atoms with Crippen LogP contribution in [0.1, 0.15) is 37.6 Å². The van der Waals surface area contributed by atoms with E-state index in [1.165, 1.54) is 7.11 Å². The van der Waals surface area contributed by atoms with Crippen LogP contribution in [0.3, 0.4) is 0 Å². The number of anilines is 2. The Kier molecular flexibility index (Phi) is 5.60. The zero-order valence-corrected chi connectivity index (χ0v) is 12.1. The van der Waals surface area contributed by atoms with E-state index < -0.39 is 5.97 Å². The second kappa shape index (κ2) is 6.97. The molecule has 1 unspecified atom stereocenters. The van der Waals surface area contributed by atoms with Gasteiger partial charge in [0, 0.05) is 13.1 Å². The molecule has 0 saturated carbocycles. The standard InChI is InChI=1S/C14H23N3O2/c1-5-10(3)9-17(6-2)13-12(14(18)19-4)7-11(15)8-16-13/h7-8,10H,5-6,9,15H2,1-4H3. The molecule has 0 aromatic carbocycles. The summed E-state index contributed by atoms with van der Waals surface area (Å²) in [5.41, 5.74) is 6.59. The smallest absolute Gasteiger partial charge is 0.341 e. The third kappa shape index (κ3) is 3.84. The van der Waals surface area contributed by atoms with E-state index in [9.17, 15) is 4.79 Å². The summed E-state index contributed by atoms with van der Waals surface area (Å²) in [6, 6.07) is 1.62.